The molecule has 1 amide bonds. The Hall–Kier alpha value is -2.41. The quantitative estimate of drug-likeness (QED) is 0.684. The molecule has 0 saturated carbocycles. The standard InChI is InChI=1S/C23H28ClN3O3/c1-26-13-15-27(16-14-26)21(22(28)25-20-10-8-19(24)9-11-20)12-5-17-3-6-18(7-4-17)23(29)30-2/h3-4,6-11,21H,5,12-16H2,1-2H3,(H,25,28). The second-order valence-electron chi connectivity index (χ2n) is 7.58. The Kier molecular flexibility index (Phi) is 7.85. The number of anilines is 1. The number of benzene rings is 2. The van der Waals surface area contributed by atoms with Gasteiger partial charge in [-0.2, -0.15) is 0 Å². The number of aryl methyl sites for hydroxylation is 1. The predicted molar refractivity (Wildman–Crippen MR) is 119 cm³/mol. The number of esters is 1. The zero-order valence-corrected chi connectivity index (χ0v) is 18.2. The Bertz CT molecular complexity index is 847. The molecule has 0 spiro atoms. The normalized spacial score (nSPS) is 16.1. The molecule has 1 atom stereocenters. The van der Waals surface area contributed by atoms with Crippen molar-refractivity contribution in [1.82, 2.24) is 9.80 Å². The lowest BCUT2D eigenvalue weighted by molar-refractivity contribution is -0.122. The molecule has 3 rings (SSSR count). The van der Waals surface area contributed by atoms with Gasteiger partial charge in [-0.1, -0.05) is 23.7 Å². The lowest BCUT2D eigenvalue weighted by atomic mass is 10.0. The minimum absolute atomic E-state index is 0.00643. The van der Waals surface area contributed by atoms with Gasteiger partial charge in [0.15, 0.2) is 0 Å². The van der Waals surface area contributed by atoms with Crippen LogP contribution in [0.4, 0.5) is 5.69 Å². The molecule has 2 aromatic carbocycles. The third-order valence-electron chi connectivity index (χ3n) is 5.47. The number of hydrogen-bond donors (Lipinski definition) is 1. The molecule has 1 aliphatic rings. The SMILES string of the molecule is COC(=O)c1ccc(CCC(C(=O)Nc2ccc(Cl)cc2)N2CCN(C)CC2)cc1. The number of methoxy groups -OCH3 is 1. The number of nitrogens with one attached hydrogen (secondary N) is 1. The third kappa shape index (κ3) is 6.05. The summed E-state index contributed by atoms with van der Waals surface area (Å²) >= 11 is 5.95. The van der Waals surface area contributed by atoms with Crippen molar-refractivity contribution in [2.75, 3.05) is 45.7 Å². The van der Waals surface area contributed by atoms with Crippen molar-refractivity contribution in [3.63, 3.8) is 0 Å². The molecule has 0 aromatic heterocycles. The molecule has 30 heavy (non-hydrogen) atoms. The minimum Gasteiger partial charge on any atom is -0.465 e. The van der Waals surface area contributed by atoms with Crippen LogP contribution in [0.15, 0.2) is 48.5 Å². The van der Waals surface area contributed by atoms with E-state index >= 15 is 0 Å². The zero-order chi connectivity index (χ0) is 21.5. The highest BCUT2D eigenvalue weighted by Gasteiger charge is 2.28. The molecule has 1 unspecified atom stereocenters. The van der Waals surface area contributed by atoms with Gasteiger partial charge in [0.05, 0.1) is 18.7 Å². The van der Waals surface area contributed by atoms with Crippen LogP contribution >= 0.6 is 11.6 Å². The van der Waals surface area contributed by atoms with Crippen molar-refractivity contribution in [3.8, 4) is 0 Å². The van der Waals surface area contributed by atoms with Gasteiger partial charge < -0.3 is 15.0 Å². The van der Waals surface area contributed by atoms with Crippen molar-refractivity contribution in [3.05, 3.63) is 64.7 Å². The van der Waals surface area contributed by atoms with Crippen molar-refractivity contribution >= 4 is 29.2 Å². The molecule has 1 N–H and O–H groups in total. The first-order valence-corrected chi connectivity index (χ1v) is 10.5. The van der Waals surface area contributed by atoms with Gasteiger partial charge >= 0.3 is 5.97 Å². The van der Waals surface area contributed by atoms with Gasteiger partial charge in [-0.25, -0.2) is 4.79 Å². The summed E-state index contributed by atoms with van der Waals surface area (Å²) in [5.41, 5.74) is 2.35. The molecule has 1 saturated heterocycles. The van der Waals surface area contributed by atoms with E-state index in [1.54, 1.807) is 24.3 Å². The van der Waals surface area contributed by atoms with Gasteiger partial charge in [-0.15, -0.1) is 0 Å². The monoisotopic (exact) mass is 429 g/mol. The van der Waals surface area contributed by atoms with Crippen LogP contribution in [0.3, 0.4) is 0 Å². The van der Waals surface area contributed by atoms with E-state index in [0.717, 1.165) is 43.9 Å². The number of rotatable bonds is 7. The minimum atomic E-state index is -0.348. The van der Waals surface area contributed by atoms with Crippen molar-refractivity contribution in [2.45, 2.75) is 18.9 Å². The molecule has 0 radical (unpaired) electrons. The summed E-state index contributed by atoms with van der Waals surface area (Å²) in [7, 11) is 3.47. The van der Waals surface area contributed by atoms with Crippen LogP contribution in [-0.2, 0) is 16.0 Å². The Balaban J connectivity index is 1.68. The van der Waals surface area contributed by atoms with E-state index in [0.29, 0.717) is 17.0 Å². The number of piperazine rings is 1. The summed E-state index contributed by atoms with van der Waals surface area (Å²) in [5.74, 6) is -0.354. The first-order valence-electron chi connectivity index (χ1n) is 10.1. The average molecular weight is 430 g/mol. The maximum atomic E-state index is 13.1. The zero-order valence-electron chi connectivity index (χ0n) is 17.4. The van der Waals surface area contributed by atoms with Crippen LogP contribution in [0, 0.1) is 0 Å². The van der Waals surface area contributed by atoms with Crippen LogP contribution in [0.25, 0.3) is 0 Å². The van der Waals surface area contributed by atoms with E-state index in [-0.39, 0.29) is 17.9 Å². The van der Waals surface area contributed by atoms with E-state index in [9.17, 15) is 9.59 Å². The Morgan fingerprint density at radius 3 is 2.27 bits per heavy atom. The molecule has 7 heteroatoms. The van der Waals surface area contributed by atoms with Crippen molar-refractivity contribution < 1.29 is 14.3 Å². The van der Waals surface area contributed by atoms with Gasteiger partial charge in [-0.05, 0) is 61.9 Å². The molecular weight excluding hydrogens is 402 g/mol. The summed E-state index contributed by atoms with van der Waals surface area (Å²) in [5, 5.41) is 3.67. The van der Waals surface area contributed by atoms with E-state index in [1.807, 2.05) is 24.3 Å². The molecule has 160 valence electrons. The summed E-state index contributed by atoms with van der Waals surface area (Å²) < 4.78 is 4.75. The molecule has 6 nitrogen and oxygen atoms in total. The van der Waals surface area contributed by atoms with Crippen molar-refractivity contribution in [1.29, 1.82) is 0 Å². The highest BCUT2D eigenvalue weighted by Crippen LogP contribution is 2.18. The van der Waals surface area contributed by atoms with Gasteiger partial charge in [0, 0.05) is 36.9 Å². The second-order valence-corrected chi connectivity index (χ2v) is 8.01. The Labute approximate surface area is 182 Å². The molecule has 0 aliphatic carbocycles. The number of nitrogens with zero attached hydrogens (tertiary/aromatic N) is 2. The fraction of sp³-hybridized carbons (Fsp3) is 0.391. The molecule has 0 bridgehead atoms. The van der Waals surface area contributed by atoms with Crippen LogP contribution in [-0.4, -0.2) is 68.1 Å². The van der Waals surface area contributed by atoms with Crippen LogP contribution in [0.1, 0.15) is 22.3 Å². The van der Waals surface area contributed by atoms with E-state index in [2.05, 4.69) is 22.2 Å². The highest BCUT2D eigenvalue weighted by atomic mass is 35.5. The summed E-state index contributed by atoms with van der Waals surface area (Å²) in [6.45, 7) is 3.60. The van der Waals surface area contributed by atoms with Crippen molar-refractivity contribution in [2.24, 2.45) is 0 Å². The highest BCUT2D eigenvalue weighted by molar-refractivity contribution is 6.30. The molecule has 1 aliphatic heterocycles. The maximum absolute atomic E-state index is 13.1. The topological polar surface area (TPSA) is 61.9 Å². The number of amides is 1. The molecule has 2 aromatic rings. The number of hydrogen-bond acceptors (Lipinski definition) is 5. The number of carbonyl (C=O) groups is 2. The molecule has 1 fully saturated rings. The molecular formula is C23H28ClN3O3. The van der Waals surface area contributed by atoms with E-state index < -0.39 is 0 Å². The van der Waals surface area contributed by atoms with Crippen LogP contribution < -0.4 is 5.32 Å². The largest absolute Gasteiger partial charge is 0.465 e. The lowest BCUT2D eigenvalue weighted by Gasteiger charge is -2.37. The predicted octanol–water partition coefficient (Wildman–Crippen LogP) is 3.31. The summed E-state index contributed by atoms with van der Waals surface area (Å²) in [6, 6.07) is 14.3. The lowest BCUT2D eigenvalue weighted by Crippen LogP contribution is -2.53. The number of likely N-dealkylation sites (N-methyl/N-ethyl adjacent to an activating group) is 1. The maximum Gasteiger partial charge on any atom is 0.337 e. The van der Waals surface area contributed by atoms with Gasteiger partial charge in [0.1, 0.15) is 0 Å². The van der Waals surface area contributed by atoms with E-state index in [4.69, 9.17) is 16.3 Å². The number of halogens is 1. The number of ether oxygens (including phenoxy) is 1. The second kappa shape index (κ2) is 10.6. The van der Waals surface area contributed by atoms with Crippen LogP contribution in [0.2, 0.25) is 5.02 Å². The Morgan fingerprint density at radius 1 is 1.03 bits per heavy atom. The van der Waals surface area contributed by atoms with Gasteiger partial charge in [-0.3, -0.25) is 9.69 Å². The van der Waals surface area contributed by atoms with E-state index in [1.165, 1.54) is 7.11 Å². The van der Waals surface area contributed by atoms with Gasteiger partial charge in [0.2, 0.25) is 5.91 Å². The Morgan fingerprint density at radius 2 is 1.67 bits per heavy atom. The fourth-order valence-electron chi connectivity index (χ4n) is 3.60. The first kappa shape index (κ1) is 22.3. The first-order chi connectivity index (χ1) is 14.5. The number of carbonyl (C=O) groups excluding carboxylic acids is 2. The van der Waals surface area contributed by atoms with Gasteiger partial charge in [0.25, 0.3) is 0 Å². The third-order valence-corrected chi connectivity index (χ3v) is 5.73. The smallest absolute Gasteiger partial charge is 0.337 e. The average Bonchev–Trinajstić information content (AvgIpc) is 2.76. The summed E-state index contributed by atoms with van der Waals surface area (Å²) in [4.78, 5) is 29.3. The summed E-state index contributed by atoms with van der Waals surface area (Å²) in [6.07, 6.45) is 1.44. The molecule has 1 heterocycles. The van der Waals surface area contributed by atoms with Crippen LogP contribution in [0.5, 0.6) is 0 Å². The fourth-order valence-corrected chi connectivity index (χ4v) is 3.73.